The predicted octanol–water partition coefficient (Wildman–Crippen LogP) is 1.73. The second-order valence-corrected chi connectivity index (χ2v) is 8.71. The van der Waals surface area contributed by atoms with Crippen LogP contribution in [0.4, 0.5) is 4.79 Å². The Morgan fingerprint density at radius 2 is 1.96 bits per heavy atom. The lowest BCUT2D eigenvalue weighted by Crippen LogP contribution is -2.44. The molecule has 1 amide bonds. The molecule has 2 rings (SSSR count). The molecule has 1 aromatic heterocycles. The van der Waals surface area contributed by atoms with Crippen LogP contribution in [0.25, 0.3) is 0 Å². The van der Waals surface area contributed by atoms with E-state index in [1.54, 1.807) is 11.0 Å². The van der Waals surface area contributed by atoms with E-state index in [1.165, 1.54) is 6.20 Å². The Kier molecular flexibility index (Phi) is 6.40. The molecule has 0 radical (unpaired) electrons. The van der Waals surface area contributed by atoms with Gasteiger partial charge in [0.2, 0.25) is 5.88 Å². The maximum absolute atomic E-state index is 12.1. The van der Waals surface area contributed by atoms with E-state index in [0.29, 0.717) is 31.8 Å². The topological polar surface area (TPSA) is 108 Å². The van der Waals surface area contributed by atoms with E-state index >= 15 is 0 Å². The lowest BCUT2D eigenvalue weighted by molar-refractivity contribution is 0.0122. The third kappa shape index (κ3) is 7.12. The van der Waals surface area contributed by atoms with Gasteiger partial charge in [-0.25, -0.2) is 9.78 Å². The van der Waals surface area contributed by atoms with Crippen LogP contribution in [0.2, 0.25) is 0 Å². The highest BCUT2D eigenvalue weighted by Gasteiger charge is 2.27. The summed E-state index contributed by atoms with van der Waals surface area (Å²) in [5.41, 5.74) is -0.518. The molecule has 1 saturated heterocycles. The molecular weight excluding hydrogens is 362 g/mol. The molecule has 1 aromatic rings. The summed E-state index contributed by atoms with van der Waals surface area (Å²) in [4.78, 5) is 21.8. The lowest BCUT2D eigenvalue weighted by Gasteiger charge is -2.33. The van der Waals surface area contributed by atoms with Crippen molar-refractivity contribution in [2.24, 2.45) is 0 Å². The Balaban J connectivity index is 1.85. The van der Waals surface area contributed by atoms with Crippen LogP contribution < -0.4 is 4.74 Å². The molecule has 0 aromatic carbocycles. The van der Waals surface area contributed by atoms with E-state index in [0.717, 1.165) is 6.26 Å². The average molecular weight is 387 g/mol. The van der Waals surface area contributed by atoms with E-state index in [4.69, 9.17) is 9.47 Å². The standard InChI is InChI=1S/C16H25N3O6S/c1-16(2,3)25-15(20)19-9-6-12(7-10-19)24-14-5-8-17-13(18-14)11-23-26(4,21)22/h5,8,12H,6-7,9-11H2,1-4H3. The summed E-state index contributed by atoms with van der Waals surface area (Å²) in [5, 5.41) is 0. The number of piperidine rings is 1. The van der Waals surface area contributed by atoms with Crippen LogP contribution in [0.5, 0.6) is 5.88 Å². The van der Waals surface area contributed by atoms with Gasteiger partial charge in [-0.3, -0.25) is 4.18 Å². The maximum atomic E-state index is 12.1. The maximum Gasteiger partial charge on any atom is 0.410 e. The quantitative estimate of drug-likeness (QED) is 0.703. The number of carbonyl (C=O) groups excluding carboxylic acids is 1. The van der Waals surface area contributed by atoms with Crippen molar-refractivity contribution < 1.29 is 26.9 Å². The van der Waals surface area contributed by atoms with Gasteiger partial charge in [0.1, 0.15) is 18.3 Å². The molecule has 0 aliphatic carbocycles. The lowest BCUT2D eigenvalue weighted by atomic mass is 10.1. The molecule has 2 heterocycles. The number of carbonyl (C=O) groups is 1. The van der Waals surface area contributed by atoms with Gasteiger partial charge in [0.25, 0.3) is 10.1 Å². The van der Waals surface area contributed by atoms with Gasteiger partial charge in [0, 0.05) is 38.2 Å². The minimum Gasteiger partial charge on any atom is -0.474 e. The van der Waals surface area contributed by atoms with Gasteiger partial charge in [-0.15, -0.1) is 0 Å². The van der Waals surface area contributed by atoms with Crippen LogP contribution in [0.3, 0.4) is 0 Å². The number of hydrogen-bond donors (Lipinski definition) is 0. The molecule has 0 unspecified atom stereocenters. The molecule has 1 aliphatic rings. The SMILES string of the molecule is CC(C)(C)OC(=O)N1CCC(Oc2ccnc(COS(C)(=O)=O)n2)CC1. The summed E-state index contributed by atoms with van der Waals surface area (Å²) in [6.45, 7) is 6.33. The van der Waals surface area contributed by atoms with Crippen molar-refractivity contribution in [3.63, 3.8) is 0 Å². The zero-order valence-corrected chi connectivity index (χ0v) is 16.3. The highest BCUT2D eigenvalue weighted by Crippen LogP contribution is 2.19. The van der Waals surface area contributed by atoms with Crippen LogP contribution >= 0.6 is 0 Å². The molecule has 0 spiro atoms. The first kappa shape index (κ1) is 20.4. The molecule has 0 saturated carbocycles. The third-order valence-corrected chi connectivity index (χ3v) is 4.01. The third-order valence-electron chi connectivity index (χ3n) is 3.46. The monoisotopic (exact) mass is 387 g/mol. The first-order chi connectivity index (χ1) is 12.0. The molecule has 26 heavy (non-hydrogen) atoms. The van der Waals surface area contributed by atoms with Crippen LogP contribution in [0, 0.1) is 0 Å². The minimum atomic E-state index is -3.56. The van der Waals surface area contributed by atoms with Crippen molar-refractivity contribution in [2.45, 2.75) is 51.9 Å². The summed E-state index contributed by atoms with van der Waals surface area (Å²) in [7, 11) is -3.56. The molecule has 10 heteroatoms. The molecule has 0 atom stereocenters. The van der Waals surface area contributed by atoms with Gasteiger partial charge in [0.15, 0.2) is 5.82 Å². The van der Waals surface area contributed by atoms with Gasteiger partial charge >= 0.3 is 6.09 Å². The fourth-order valence-corrected chi connectivity index (χ4v) is 2.65. The Morgan fingerprint density at radius 1 is 1.31 bits per heavy atom. The number of nitrogens with zero attached hydrogens (tertiary/aromatic N) is 3. The highest BCUT2D eigenvalue weighted by molar-refractivity contribution is 7.85. The molecule has 9 nitrogen and oxygen atoms in total. The highest BCUT2D eigenvalue weighted by atomic mass is 32.2. The van der Waals surface area contributed by atoms with Crippen molar-refractivity contribution in [3.8, 4) is 5.88 Å². The van der Waals surface area contributed by atoms with Crippen molar-refractivity contribution >= 4 is 16.2 Å². The summed E-state index contributed by atoms with van der Waals surface area (Å²) >= 11 is 0. The molecule has 1 fully saturated rings. The molecule has 1 aliphatic heterocycles. The number of aromatic nitrogens is 2. The molecule has 0 N–H and O–H groups in total. The second kappa shape index (κ2) is 8.17. The van der Waals surface area contributed by atoms with Gasteiger partial charge in [-0.1, -0.05) is 0 Å². The van der Waals surface area contributed by atoms with Gasteiger partial charge < -0.3 is 14.4 Å². The largest absolute Gasteiger partial charge is 0.474 e. The molecule has 146 valence electrons. The Hall–Kier alpha value is -1.94. The smallest absolute Gasteiger partial charge is 0.410 e. The summed E-state index contributed by atoms with van der Waals surface area (Å²) in [5.74, 6) is 0.571. The Bertz CT molecular complexity index is 724. The van der Waals surface area contributed by atoms with Crippen molar-refractivity contribution in [1.82, 2.24) is 14.9 Å². The van der Waals surface area contributed by atoms with Crippen molar-refractivity contribution in [2.75, 3.05) is 19.3 Å². The first-order valence-corrected chi connectivity index (χ1v) is 10.1. The summed E-state index contributed by atoms with van der Waals surface area (Å²) < 4.78 is 37.9. The minimum absolute atomic E-state index is 0.0905. The van der Waals surface area contributed by atoms with E-state index < -0.39 is 15.7 Å². The fourth-order valence-electron chi connectivity index (χ4n) is 2.33. The predicted molar refractivity (Wildman–Crippen MR) is 93.1 cm³/mol. The van der Waals surface area contributed by atoms with Crippen LogP contribution in [-0.2, 0) is 25.6 Å². The first-order valence-electron chi connectivity index (χ1n) is 8.33. The van der Waals surface area contributed by atoms with Gasteiger partial charge in [-0.05, 0) is 20.8 Å². The van der Waals surface area contributed by atoms with E-state index in [2.05, 4.69) is 14.2 Å². The van der Waals surface area contributed by atoms with Crippen molar-refractivity contribution in [1.29, 1.82) is 0 Å². The van der Waals surface area contributed by atoms with Crippen LogP contribution in [0.1, 0.15) is 39.4 Å². The van der Waals surface area contributed by atoms with Crippen molar-refractivity contribution in [3.05, 3.63) is 18.1 Å². The van der Waals surface area contributed by atoms with E-state index in [1.807, 2.05) is 20.8 Å². The second-order valence-electron chi connectivity index (χ2n) is 7.06. The Morgan fingerprint density at radius 3 is 2.54 bits per heavy atom. The van der Waals surface area contributed by atoms with Gasteiger partial charge in [0.05, 0.1) is 6.26 Å². The normalized spacial score (nSPS) is 16.4. The number of amides is 1. The van der Waals surface area contributed by atoms with Gasteiger partial charge in [-0.2, -0.15) is 13.4 Å². The van der Waals surface area contributed by atoms with Crippen LogP contribution in [-0.4, -0.2) is 60.4 Å². The molecular formula is C16H25N3O6S. The summed E-state index contributed by atoms with van der Waals surface area (Å²) in [6.07, 6.45) is 3.34. The van der Waals surface area contributed by atoms with E-state index in [-0.39, 0.29) is 24.6 Å². The number of ether oxygens (including phenoxy) is 2. The number of likely N-dealkylation sites (tertiary alicyclic amines) is 1. The fraction of sp³-hybridized carbons (Fsp3) is 0.688. The zero-order valence-electron chi connectivity index (χ0n) is 15.5. The zero-order chi connectivity index (χ0) is 19.4. The number of hydrogen-bond acceptors (Lipinski definition) is 8. The number of rotatable bonds is 5. The summed E-state index contributed by atoms with van der Waals surface area (Å²) in [6, 6.07) is 1.60. The van der Waals surface area contributed by atoms with Crippen LogP contribution in [0.15, 0.2) is 12.3 Å². The average Bonchev–Trinajstić information content (AvgIpc) is 2.52. The Labute approximate surface area is 153 Å². The van der Waals surface area contributed by atoms with E-state index in [9.17, 15) is 13.2 Å². The molecule has 0 bridgehead atoms.